The van der Waals surface area contributed by atoms with Gasteiger partial charge in [0, 0.05) is 18.9 Å². The molecule has 0 aromatic heterocycles. The highest BCUT2D eigenvalue weighted by molar-refractivity contribution is 9.09. The molecule has 0 unspecified atom stereocenters. The van der Waals surface area contributed by atoms with E-state index in [4.69, 9.17) is 0 Å². The maximum atomic E-state index is 11.3. The number of nitrogens with one attached hydrogen (secondary N) is 1. The Kier molecular flexibility index (Phi) is 8.67. The van der Waals surface area contributed by atoms with E-state index in [1.165, 1.54) is 0 Å². The number of rotatable bonds is 8. The van der Waals surface area contributed by atoms with Crippen molar-refractivity contribution in [1.29, 1.82) is 0 Å². The van der Waals surface area contributed by atoms with Crippen molar-refractivity contribution in [3.8, 4) is 0 Å². The normalized spacial score (nSPS) is 10.4. The molecule has 0 bridgehead atoms. The fourth-order valence-corrected chi connectivity index (χ4v) is 1.36. The molecule has 0 aliphatic rings. The average molecular weight is 278 g/mol. The van der Waals surface area contributed by atoms with Crippen LogP contribution in [0.5, 0.6) is 0 Å². The topological polar surface area (TPSA) is 46.2 Å². The Morgan fingerprint density at radius 2 is 1.87 bits per heavy atom. The summed E-state index contributed by atoms with van der Waals surface area (Å²) in [5.41, 5.74) is 0. The second kappa shape index (κ2) is 8.89. The van der Waals surface area contributed by atoms with E-state index in [0.29, 0.717) is 24.1 Å². The fraction of sp³-hybridized carbons (Fsp3) is 0.818. The maximum absolute atomic E-state index is 11.3. The van der Waals surface area contributed by atoms with Crippen LogP contribution in [0.15, 0.2) is 0 Å². The van der Waals surface area contributed by atoms with Crippen molar-refractivity contribution >= 4 is 27.6 Å². The number of ketones is 1. The summed E-state index contributed by atoms with van der Waals surface area (Å²) in [7, 11) is 0. The van der Waals surface area contributed by atoms with Crippen LogP contribution in [0.1, 0.15) is 39.5 Å². The van der Waals surface area contributed by atoms with Gasteiger partial charge in [0.1, 0.15) is 5.78 Å². The summed E-state index contributed by atoms with van der Waals surface area (Å²) in [6.45, 7) is 4.57. The summed E-state index contributed by atoms with van der Waals surface area (Å²) in [6.07, 6.45) is 3.55. The van der Waals surface area contributed by atoms with E-state index in [-0.39, 0.29) is 11.8 Å². The van der Waals surface area contributed by atoms with Crippen LogP contribution < -0.4 is 5.32 Å². The van der Waals surface area contributed by atoms with Crippen molar-refractivity contribution in [3.05, 3.63) is 0 Å². The van der Waals surface area contributed by atoms with Crippen molar-refractivity contribution in [2.45, 2.75) is 39.5 Å². The van der Waals surface area contributed by atoms with Gasteiger partial charge in [0.25, 0.3) is 0 Å². The first-order valence-electron chi connectivity index (χ1n) is 5.43. The van der Waals surface area contributed by atoms with Crippen molar-refractivity contribution in [2.24, 2.45) is 5.92 Å². The molecule has 1 N–H and O–H groups in total. The molecule has 88 valence electrons. The molecule has 0 heterocycles. The monoisotopic (exact) mass is 277 g/mol. The highest BCUT2D eigenvalue weighted by Crippen LogP contribution is 2.05. The van der Waals surface area contributed by atoms with Gasteiger partial charge in [-0.15, -0.1) is 0 Å². The molecule has 4 heteroatoms. The molecule has 3 nitrogen and oxygen atoms in total. The third kappa shape index (κ3) is 8.60. The summed E-state index contributed by atoms with van der Waals surface area (Å²) in [5.74, 6) is 0.505. The second-order valence-corrected chi connectivity index (χ2v) is 4.48. The Bertz CT molecular complexity index is 205. The lowest BCUT2D eigenvalue weighted by atomic mass is 10.0. The molecule has 0 saturated carbocycles. The summed E-state index contributed by atoms with van der Waals surface area (Å²) < 4.78 is 0. The number of amides is 1. The molecule has 0 atom stereocenters. The minimum Gasteiger partial charge on any atom is -0.355 e. The quantitative estimate of drug-likeness (QED) is 0.547. The van der Waals surface area contributed by atoms with Crippen LogP contribution in [0.2, 0.25) is 0 Å². The Balaban J connectivity index is 3.25. The summed E-state index contributed by atoms with van der Waals surface area (Å²) in [4.78, 5) is 22.1. The molecule has 0 saturated heterocycles. The zero-order valence-electron chi connectivity index (χ0n) is 9.51. The van der Waals surface area contributed by atoms with Crippen LogP contribution in [0.25, 0.3) is 0 Å². The molecular weight excluding hydrogens is 258 g/mol. The zero-order valence-corrected chi connectivity index (χ0v) is 11.1. The van der Waals surface area contributed by atoms with E-state index < -0.39 is 0 Å². The van der Waals surface area contributed by atoms with E-state index in [0.717, 1.165) is 19.3 Å². The predicted octanol–water partition coefficient (Wildman–Crippen LogP) is 2.28. The number of carbonyl (C=O) groups excluding carboxylic acids is 2. The van der Waals surface area contributed by atoms with Crippen LogP contribution in [-0.4, -0.2) is 23.6 Å². The number of Topliss-reactive ketones (excluding diaryl/α,β-unsaturated/α-hetero) is 1. The fourth-order valence-electron chi connectivity index (χ4n) is 1.16. The molecule has 15 heavy (non-hydrogen) atoms. The molecule has 0 aromatic carbocycles. The minimum absolute atomic E-state index is 0.0215. The van der Waals surface area contributed by atoms with Crippen LogP contribution in [0.3, 0.4) is 0 Å². The largest absolute Gasteiger partial charge is 0.355 e. The van der Waals surface area contributed by atoms with Crippen molar-refractivity contribution < 1.29 is 9.59 Å². The Labute approximate surface area is 100 Å². The van der Waals surface area contributed by atoms with Gasteiger partial charge in [0.2, 0.25) is 5.91 Å². The SMILES string of the molecule is CC(C)C(=O)CCCCCNC(=O)CBr. The van der Waals surface area contributed by atoms with Crippen LogP contribution in [0.4, 0.5) is 0 Å². The predicted molar refractivity (Wildman–Crippen MR) is 65.1 cm³/mol. The first-order valence-corrected chi connectivity index (χ1v) is 6.55. The molecule has 1 amide bonds. The number of halogens is 1. The number of hydrogen-bond donors (Lipinski definition) is 1. The number of alkyl halides is 1. The molecule has 0 spiro atoms. The Morgan fingerprint density at radius 3 is 2.40 bits per heavy atom. The first kappa shape index (κ1) is 14.6. The lowest BCUT2D eigenvalue weighted by molar-refractivity contribution is -0.122. The van der Waals surface area contributed by atoms with Gasteiger partial charge in [-0.05, 0) is 12.8 Å². The van der Waals surface area contributed by atoms with Gasteiger partial charge in [0.15, 0.2) is 0 Å². The van der Waals surface area contributed by atoms with Gasteiger partial charge in [0.05, 0.1) is 5.33 Å². The molecule has 0 aliphatic carbocycles. The molecular formula is C11H20BrNO2. The van der Waals surface area contributed by atoms with E-state index in [1.807, 2.05) is 13.8 Å². The van der Waals surface area contributed by atoms with E-state index in [1.54, 1.807) is 0 Å². The van der Waals surface area contributed by atoms with Gasteiger partial charge in [-0.1, -0.05) is 36.2 Å². The van der Waals surface area contributed by atoms with Crippen LogP contribution in [0, 0.1) is 5.92 Å². The standard InChI is InChI=1S/C11H20BrNO2/c1-9(2)10(14)6-4-3-5-7-13-11(15)8-12/h9H,3-8H2,1-2H3,(H,13,15). The molecule has 0 rings (SSSR count). The first-order chi connectivity index (χ1) is 7.07. The molecule has 0 fully saturated rings. The smallest absolute Gasteiger partial charge is 0.230 e. The summed E-state index contributed by atoms with van der Waals surface area (Å²) >= 11 is 3.08. The molecule has 0 radical (unpaired) electrons. The van der Waals surface area contributed by atoms with Crippen LogP contribution in [-0.2, 0) is 9.59 Å². The maximum Gasteiger partial charge on any atom is 0.230 e. The van der Waals surface area contributed by atoms with E-state index in [9.17, 15) is 9.59 Å². The Morgan fingerprint density at radius 1 is 1.20 bits per heavy atom. The van der Waals surface area contributed by atoms with Gasteiger partial charge < -0.3 is 5.32 Å². The minimum atomic E-state index is 0.0215. The zero-order chi connectivity index (χ0) is 11.7. The number of unbranched alkanes of at least 4 members (excludes halogenated alkanes) is 2. The van der Waals surface area contributed by atoms with Crippen molar-refractivity contribution in [1.82, 2.24) is 5.32 Å². The van der Waals surface area contributed by atoms with E-state index >= 15 is 0 Å². The highest BCUT2D eigenvalue weighted by atomic mass is 79.9. The Hall–Kier alpha value is -0.380. The van der Waals surface area contributed by atoms with Gasteiger partial charge >= 0.3 is 0 Å². The summed E-state index contributed by atoms with van der Waals surface area (Å²) in [6, 6.07) is 0. The second-order valence-electron chi connectivity index (χ2n) is 3.92. The lowest BCUT2D eigenvalue weighted by Gasteiger charge is -2.04. The van der Waals surface area contributed by atoms with E-state index in [2.05, 4.69) is 21.2 Å². The van der Waals surface area contributed by atoms with Crippen LogP contribution >= 0.6 is 15.9 Å². The van der Waals surface area contributed by atoms with Gasteiger partial charge in [-0.3, -0.25) is 9.59 Å². The van der Waals surface area contributed by atoms with Crippen molar-refractivity contribution in [3.63, 3.8) is 0 Å². The molecule has 0 aliphatic heterocycles. The number of hydrogen-bond acceptors (Lipinski definition) is 2. The van der Waals surface area contributed by atoms with Gasteiger partial charge in [-0.2, -0.15) is 0 Å². The highest BCUT2D eigenvalue weighted by Gasteiger charge is 2.05. The average Bonchev–Trinajstić information content (AvgIpc) is 2.22. The van der Waals surface area contributed by atoms with Gasteiger partial charge in [-0.25, -0.2) is 0 Å². The lowest BCUT2D eigenvalue weighted by Crippen LogP contribution is -2.25. The third-order valence-electron chi connectivity index (χ3n) is 2.19. The molecule has 0 aromatic rings. The number of carbonyl (C=O) groups is 2. The summed E-state index contributed by atoms with van der Waals surface area (Å²) in [5, 5.41) is 3.13. The third-order valence-corrected chi connectivity index (χ3v) is 2.70. The van der Waals surface area contributed by atoms with Crippen molar-refractivity contribution in [2.75, 3.05) is 11.9 Å².